The predicted molar refractivity (Wildman–Crippen MR) is 136 cm³/mol. The second-order valence-electron chi connectivity index (χ2n) is 9.79. The quantitative estimate of drug-likeness (QED) is 0.339. The van der Waals surface area contributed by atoms with Crippen LogP contribution < -0.4 is 16.0 Å². The van der Waals surface area contributed by atoms with Gasteiger partial charge in [-0.05, 0) is 43.5 Å². The number of nitrogens with zero attached hydrogens (tertiary/aromatic N) is 8. The van der Waals surface area contributed by atoms with Crippen molar-refractivity contribution in [2.75, 3.05) is 23.7 Å². The molecular formula is C25H25FN10O. The van der Waals surface area contributed by atoms with Crippen LogP contribution in [0.2, 0.25) is 0 Å². The maximum absolute atomic E-state index is 14.1. The minimum Gasteiger partial charge on any atom is -0.508 e. The van der Waals surface area contributed by atoms with Crippen LogP contribution in [0.15, 0.2) is 36.8 Å². The number of nitrogens with one attached hydrogen (secondary N) is 1. The fourth-order valence-corrected chi connectivity index (χ4v) is 5.62. The van der Waals surface area contributed by atoms with Crippen LogP contribution >= 0.6 is 0 Å². The number of aromatic hydroxyl groups is 1. The summed E-state index contributed by atoms with van der Waals surface area (Å²) in [5.41, 5.74) is 9.55. The predicted octanol–water partition coefficient (Wildman–Crippen LogP) is 2.26. The molecule has 0 spiro atoms. The van der Waals surface area contributed by atoms with E-state index in [1.54, 1.807) is 4.68 Å². The summed E-state index contributed by atoms with van der Waals surface area (Å²) in [6, 6.07) is 6.65. The van der Waals surface area contributed by atoms with E-state index in [0.717, 1.165) is 42.5 Å². The Balaban J connectivity index is 1.36. The number of hydrogen-bond donors (Lipinski definition) is 3. The zero-order valence-electron chi connectivity index (χ0n) is 20.1. The first-order chi connectivity index (χ1) is 17.9. The Labute approximate surface area is 210 Å². The van der Waals surface area contributed by atoms with Crippen LogP contribution in [0.3, 0.4) is 0 Å². The maximum atomic E-state index is 14.1. The number of piperidine rings is 2. The fourth-order valence-electron chi connectivity index (χ4n) is 5.62. The summed E-state index contributed by atoms with van der Waals surface area (Å²) >= 11 is 0. The van der Waals surface area contributed by atoms with Crippen molar-refractivity contribution in [3.8, 4) is 17.0 Å². The number of rotatable bonds is 4. The van der Waals surface area contributed by atoms with E-state index in [2.05, 4.69) is 27.1 Å². The van der Waals surface area contributed by atoms with Crippen molar-refractivity contribution in [2.45, 2.75) is 38.4 Å². The number of anilines is 2. The number of aryl methyl sites for hydroxylation is 1. The number of nitrogen functional groups attached to an aromatic ring is 1. The number of piperazine rings is 1. The van der Waals surface area contributed by atoms with Crippen molar-refractivity contribution in [1.29, 1.82) is 0 Å². The van der Waals surface area contributed by atoms with Crippen molar-refractivity contribution < 1.29 is 9.50 Å². The van der Waals surface area contributed by atoms with Gasteiger partial charge in [-0.2, -0.15) is 10.2 Å². The molecule has 5 aromatic rings. The smallest absolute Gasteiger partial charge is 0.173 e. The number of fused-ring (bicyclic) bond motifs is 5. The molecule has 37 heavy (non-hydrogen) atoms. The Morgan fingerprint density at radius 2 is 2.08 bits per heavy atom. The van der Waals surface area contributed by atoms with Gasteiger partial charge in [0.25, 0.3) is 0 Å². The summed E-state index contributed by atoms with van der Waals surface area (Å²) in [5, 5.41) is 23.5. The summed E-state index contributed by atoms with van der Waals surface area (Å²) in [6.45, 7) is 4.14. The molecule has 0 amide bonds. The zero-order chi connectivity index (χ0) is 25.3. The molecule has 2 atom stereocenters. The lowest BCUT2D eigenvalue weighted by atomic mass is 9.93. The molecule has 4 aromatic heterocycles. The van der Waals surface area contributed by atoms with Crippen molar-refractivity contribution in [2.24, 2.45) is 0 Å². The average molecular weight is 501 g/mol. The second-order valence-corrected chi connectivity index (χ2v) is 9.79. The highest BCUT2D eigenvalue weighted by Gasteiger charge is 2.35. The van der Waals surface area contributed by atoms with Crippen molar-refractivity contribution in [1.82, 2.24) is 39.7 Å². The van der Waals surface area contributed by atoms with Gasteiger partial charge in [0.1, 0.15) is 41.5 Å². The van der Waals surface area contributed by atoms with E-state index in [1.807, 2.05) is 16.8 Å². The first-order valence-corrected chi connectivity index (χ1v) is 12.3. The molecule has 3 aliphatic heterocycles. The van der Waals surface area contributed by atoms with Crippen LogP contribution in [0.1, 0.15) is 24.2 Å². The van der Waals surface area contributed by atoms with E-state index in [1.165, 1.54) is 24.9 Å². The van der Waals surface area contributed by atoms with E-state index in [0.29, 0.717) is 40.2 Å². The minimum atomic E-state index is -0.583. The molecule has 3 aliphatic rings. The van der Waals surface area contributed by atoms with E-state index in [9.17, 15) is 9.50 Å². The molecule has 3 fully saturated rings. The normalized spacial score (nSPS) is 19.4. The molecule has 0 radical (unpaired) electrons. The van der Waals surface area contributed by atoms with E-state index in [-0.39, 0.29) is 18.1 Å². The topological polar surface area (TPSA) is 135 Å². The molecule has 11 nitrogen and oxygen atoms in total. The molecule has 4 N–H and O–H groups in total. The molecule has 3 saturated heterocycles. The minimum absolute atomic E-state index is 0.208. The standard InChI is InChI=1S/C25H25FN10O/c1-13-4-5-35-22(13)25(34-10-16-2-3-17(34)9-28-16)31-19(32-35)11-36-24-20(23(27)29-12-30-24)21(33-36)14-6-15(26)8-18(37)7-14/h4-8,12,16-17,28,37H,2-3,9-11H2,1H3,(H2,27,29,30). The fraction of sp³-hybridized carbons (Fsp3) is 0.320. The lowest BCUT2D eigenvalue weighted by Crippen LogP contribution is -2.61. The van der Waals surface area contributed by atoms with E-state index < -0.39 is 5.82 Å². The number of phenolic OH excluding ortho intramolecular Hbond substituents is 1. The summed E-state index contributed by atoms with van der Waals surface area (Å²) in [4.78, 5) is 16.0. The molecule has 8 rings (SSSR count). The van der Waals surface area contributed by atoms with E-state index in [4.69, 9.17) is 20.9 Å². The molecule has 7 heterocycles. The lowest BCUT2D eigenvalue weighted by Gasteiger charge is -2.46. The van der Waals surface area contributed by atoms with Crippen LogP contribution in [0.5, 0.6) is 5.75 Å². The van der Waals surface area contributed by atoms with Gasteiger partial charge in [-0.3, -0.25) is 0 Å². The number of hydrogen-bond acceptors (Lipinski definition) is 9. The van der Waals surface area contributed by atoms with Gasteiger partial charge in [0.05, 0.1) is 5.39 Å². The SMILES string of the molecule is Cc1ccn2nc(Cn3nc(-c4cc(O)cc(F)c4)c4c(N)ncnc43)nc(N3CC4CCC3CN4)c12. The van der Waals surface area contributed by atoms with Gasteiger partial charge in [0.15, 0.2) is 17.3 Å². The third-order valence-electron chi connectivity index (χ3n) is 7.36. The van der Waals surface area contributed by atoms with Crippen LogP contribution in [0, 0.1) is 12.7 Å². The van der Waals surface area contributed by atoms with Gasteiger partial charge in [-0.25, -0.2) is 28.5 Å². The van der Waals surface area contributed by atoms with Gasteiger partial charge < -0.3 is 21.1 Å². The molecule has 12 heteroatoms. The van der Waals surface area contributed by atoms with Crippen molar-refractivity contribution in [3.05, 3.63) is 54.0 Å². The van der Waals surface area contributed by atoms with Gasteiger partial charge in [-0.1, -0.05) is 0 Å². The second kappa shape index (κ2) is 8.10. The monoisotopic (exact) mass is 500 g/mol. The zero-order valence-corrected chi connectivity index (χ0v) is 20.1. The summed E-state index contributed by atoms with van der Waals surface area (Å²) in [6.07, 6.45) is 5.62. The molecule has 2 bridgehead atoms. The van der Waals surface area contributed by atoms with Gasteiger partial charge in [0, 0.05) is 43.0 Å². The van der Waals surface area contributed by atoms with E-state index >= 15 is 0 Å². The maximum Gasteiger partial charge on any atom is 0.173 e. The first-order valence-electron chi connectivity index (χ1n) is 12.3. The van der Waals surface area contributed by atoms with Crippen LogP contribution in [-0.4, -0.2) is 64.6 Å². The molecule has 1 aromatic carbocycles. The Hall–Kier alpha value is -4.32. The van der Waals surface area contributed by atoms with Crippen molar-refractivity contribution >= 4 is 28.2 Å². The Morgan fingerprint density at radius 1 is 1.19 bits per heavy atom. The number of aromatic nitrogens is 7. The van der Waals surface area contributed by atoms with Crippen molar-refractivity contribution in [3.63, 3.8) is 0 Å². The van der Waals surface area contributed by atoms with Gasteiger partial charge >= 0.3 is 0 Å². The Kier molecular flexibility index (Phi) is 4.80. The summed E-state index contributed by atoms with van der Waals surface area (Å²) < 4.78 is 17.6. The highest BCUT2D eigenvalue weighted by atomic mass is 19.1. The summed E-state index contributed by atoms with van der Waals surface area (Å²) in [5.74, 6) is 0.900. The molecular weight excluding hydrogens is 475 g/mol. The third-order valence-corrected chi connectivity index (χ3v) is 7.36. The first kappa shape index (κ1) is 21.9. The highest BCUT2D eigenvalue weighted by Crippen LogP contribution is 2.34. The number of phenols is 1. The van der Waals surface area contributed by atoms with Gasteiger partial charge in [0.2, 0.25) is 0 Å². The third kappa shape index (κ3) is 3.55. The van der Waals surface area contributed by atoms with Crippen LogP contribution in [0.4, 0.5) is 16.0 Å². The molecule has 0 saturated carbocycles. The Bertz CT molecular complexity index is 1650. The average Bonchev–Trinajstić information content (AvgIpc) is 3.45. The number of halogens is 1. The van der Waals surface area contributed by atoms with Gasteiger partial charge in [-0.15, -0.1) is 0 Å². The lowest BCUT2D eigenvalue weighted by molar-refractivity contribution is 0.289. The largest absolute Gasteiger partial charge is 0.508 e. The molecule has 0 aliphatic carbocycles. The molecule has 2 unspecified atom stereocenters. The van der Waals surface area contributed by atoms with Crippen LogP contribution in [0.25, 0.3) is 27.8 Å². The molecule has 188 valence electrons. The number of benzene rings is 1. The highest BCUT2D eigenvalue weighted by molar-refractivity contribution is 5.98. The summed E-state index contributed by atoms with van der Waals surface area (Å²) in [7, 11) is 0. The number of nitrogens with two attached hydrogens (primary N) is 1. The Morgan fingerprint density at radius 3 is 2.84 bits per heavy atom. The van der Waals surface area contributed by atoms with Crippen LogP contribution in [-0.2, 0) is 6.54 Å².